The number of piperidine rings is 2. The van der Waals surface area contributed by atoms with Crippen molar-refractivity contribution in [3.8, 4) is 11.1 Å². The molecule has 4 saturated heterocycles. The number of likely N-dealkylation sites (tertiary alicyclic amines) is 2. The minimum absolute atomic E-state index is 0.0162. The fourth-order valence-electron chi connectivity index (χ4n) is 14.4. The number of hydrogen-bond donors (Lipinski definition) is 1. The van der Waals surface area contributed by atoms with Gasteiger partial charge in [-0.25, -0.2) is 9.18 Å². The molecule has 0 radical (unpaired) electrons. The molecule has 10 rings (SSSR count). The van der Waals surface area contributed by atoms with Gasteiger partial charge in [-0.1, -0.05) is 91.3 Å². The third-order valence-corrected chi connectivity index (χ3v) is 20.2. The number of anilines is 1. The maximum Gasteiger partial charge on any atom is 0.416 e. The zero-order valence-corrected chi connectivity index (χ0v) is 54.8. The summed E-state index contributed by atoms with van der Waals surface area (Å²) in [5, 5.41) is 2.95. The maximum absolute atomic E-state index is 14.3. The van der Waals surface area contributed by atoms with E-state index in [4.69, 9.17) is 14.2 Å². The van der Waals surface area contributed by atoms with E-state index in [9.17, 15) is 49.9 Å². The van der Waals surface area contributed by atoms with Crippen LogP contribution in [0.25, 0.3) is 11.1 Å². The molecule has 4 amide bonds. The van der Waals surface area contributed by atoms with Gasteiger partial charge in [0.25, 0.3) is 5.91 Å². The highest BCUT2D eigenvalue weighted by Gasteiger charge is 2.50. The number of ether oxygens (including phenoxy) is 3. The number of fused-ring (bicyclic) bond motifs is 2. The number of nitrogens with one attached hydrogen (secondary N) is 1. The van der Waals surface area contributed by atoms with Crippen molar-refractivity contribution in [3.05, 3.63) is 161 Å². The summed E-state index contributed by atoms with van der Waals surface area (Å²) in [6.07, 6.45) is 0.386. The van der Waals surface area contributed by atoms with Crippen LogP contribution in [0, 0.1) is 5.82 Å². The molecular weight excluding hydrogens is 1230 g/mol. The number of carbonyl (C=O) groups excluding carboxylic acids is 4. The van der Waals surface area contributed by atoms with Crippen molar-refractivity contribution >= 4 is 29.5 Å². The number of nitrogens with zero attached hydrogens (tertiary/aromatic N) is 7. The van der Waals surface area contributed by atoms with Crippen LogP contribution in [0.4, 0.5) is 41.2 Å². The predicted octanol–water partition coefficient (Wildman–Crippen LogP) is 12.6. The zero-order chi connectivity index (χ0) is 67.2. The first-order valence-electron chi connectivity index (χ1n) is 33.8. The topological polar surface area (TPSA) is 131 Å². The molecular formula is C73H91F7N8O7. The molecule has 15 nitrogen and oxygen atoms in total. The van der Waals surface area contributed by atoms with E-state index in [1.165, 1.54) is 35.4 Å². The van der Waals surface area contributed by atoms with Crippen molar-refractivity contribution in [2.24, 2.45) is 0 Å². The lowest BCUT2D eigenvalue weighted by atomic mass is 9.72. The molecule has 4 heterocycles. The van der Waals surface area contributed by atoms with E-state index in [1.807, 2.05) is 85.7 Å². The number of unbranched alkanes of at least 4 members (excludes halogenated alkanes) is 3. The van der Waals surface area contributed by atoms with Gasteiger partial charge in [0.05, 0.1) is 29.5 Å². The van der Waals surface area contributed by atoms with Gasteiger partial charge in [-0.05, 0) is 175 Å². The number of carbonyl (C=O) groups is 4. The number of alkyl halides is 6. The maximum atomic E-state index is 14.3. The second kappa shape index (κ2) is 32.4. The zero-order valence-electron chi connectivity index (χ0n) is 54.8. The number of hydrogen-bond acceptors (Lipinski definition) is 11. The molecule has 4 fully saturated rings. The largest absolute Gasteiger partial charge is 0.446 e. The fraction of sp³-hybridized carbons (Fsp3) is 0.534. The molecule has 0 bridgehead atoms. The van der Waals surface area contributed by atoms with Crippen LogP contribution in [0.2, 0.25) is 0 Å². The Bertz CT molecular complexity index is 3310. The van der Waals surface area contributed by atoms with Crippen LogP contribution in [0.5, 0.6) is 0 Å². The molecule has 5 aliphatic rings. The average Bonchev–Trinajstić information content (AvgIpc) is 1.61. The van der Waals surface area contributed by atoms with Crippen molar-refractivity contribution in [2.45, 2.75) is 125 Å². The number of para-hydroxylation sites is 1. The van der Waals surface area contributed by atoms with Crippen LogP contribution in [-0.4, -0.2) is 196 Å². The lowest BCUT2D eigenvalue weighted by Crippen LogP contribution is -2.50. The van der Waals surface area contributed by atoms with Crippen LogP contribution in [-0.2, 0) is 53.6 Å². The Morgan fingerprint density at radius 2 is 1.24 bits per heavy atom. The summed E-state index contributed by atoms with van der Waals surface area (Å²) < 4.78 is 116. The van der Waals surface area contributed by atoms with Crippen molar-refractivity contribution in [2.75, 3.05) is 131 Å². The van der Waals surface area contributed by atoms with Gasteiger partial charge in [-0.2, -0.15) is 26.3 Å². The number of benzene rings is 5. The third-order valence-electron chi connectivity index (χ3n) is 20.2. The summed E-state index contributed by atoms with van der Waals surface area (Å²) in [6.45, 7) is 10.9. The molecule has 4 aliphatic heterocycles. The van der Waals surface area contributed by atoms with E-state index in [0.717, 1.165) is 146 Å². The van der Waals surface area contributed by atoms with Crippen LogP contribution in [0.3, 0.4) is 0 Å². The van der Waals surface area contributed by atoms with Gasteiger partial charge in [-0.3, -0.25) is 19.7 Å². The van der Waals surface area contributed by atoms with Gasteiger partial charge in [-0.15, -0.1) is 0 Å². The first-order valence-corrected chi connectivity index (χ1v) is 33.8. The minimum Gasteiger partial charge on any atom is -0.446 e. The van der Waals surface area contributed by atoms with E-state index in [1.54, 1.807) is 4.90 Å². The molecule has 1 spiro atoms. The van der Waals surface area contributed by atoms with Gasteiger partial charge in [0.15, 0.2) is 0 Å². The summed E-state index contributed by atoms with van der Waals surface area (Å²) in [7, 11) is 3.73. The third kappa shape index (κ3) is 18.8. The van der Waals surface area contributed by atoms with E-state index < -0.39 is 59.2 Å². The Morgan fingerprint density at radius 3 is 1.93 bits per heavy atom. The Hall–Kier alpha value is -6.95. The second-order valence-corrected chi connectivity index (χ2v) is 26.5. The summed E-state index contributed by atoms with van der Waals surface area (Å²) in [5.74, 6) is -1.47. The molecule has 514 valence electrons. The first kappa shape index (κ1) is 70.8. The Labute approximate surface area is 553 Å². The number of amides is 4. The Balaban J connectivity index is 0.600. The monoisotopic (exact) mass is 1320 g/mol. The smallest absolute Gasteiger partial charge is 0.416 e. The van der Waals surface area contributed by atoms with Crippen LogP contribution in [0.15, 0.2) is 121 Å². The molecule has 0 saturated carbocycles. The Kier molecular flexibility index (Phi) is 24.2. The minimum atomic E-state index is -5.14. The van der Waals surface area contributed by atoms with Crippen LogP contribution in [0.1, 0.15) is 122 Å². The summed E-state index contributed by atoms with van der Waals surface area (Å²) in [4.78, 5) is 67.9. The lowest BCUT2D eigenvalue weighted by Gasteiger charge is -2.44. The Morgan fingerprint density at radius 1 is 0.632 bits per heavy atom. The molecule has 0 aromatic heterocycles. The molecule has 22 heteroatoms. The molecule has 1 N–H and O–H groups in total. The van der Waals surface area contributed by atoms with Crippen LogP contribution >= 0.6 is 0 Å². The number of rotatable bonds is 25. The molecule has 95 heavy (non-hydrogen) atoms. The normalized spacial score (nSPS) is 20.1. The fourth-order valence-corrected chi connectivity index (χ4v) is 14.4. The number of likely N-dealkylation sites (N-methyl/N-ethyl adjacent to an activating group) is 2. The van der Waals surface area contributed by atoms with Gasteiger partial charge in [0.2, 0.25) is 11.8 Å². The van der Waals surface area contributed by atoms with Gasteiger partial charge >= 0.3 is 18.4 Å². The molecule has 0 unspecified atom stereocenters. The van der Waals surface area contributed by atoms with E-state index >= 15 is 0 Å². The summed E-state index contributed by atoms with van der Waals surface area (Å²) >= 11 is 0. The molecule has 1 aliphatic carbocycles. The van der Waals surface area contributed by atoms with Crippen molar-refractivity contribution in [1.29, 1.82) is 0 Å². The molecule has 5 aromatic rings. The SMILES string of the molecule is CN(CCN1CCC(OC(=O)Nc2ccccc2-c2ccccc2)CC1)C(=O)CCCCCN1CCCCN(CCCCN(C)C(=O)CO[C@H]2Cc3ccccc3C23CCN(CC[C@@]2(c4ccc(F)cc4)CN(C(=O)c4cc(C(F)(F)F)cc(C(F)(F)F)c4)CO2)CC3)CC1. The highest BCUT2D eigenvalue weighted by Crippen LogP contribution is 2.48. The lowest BCUT2D eigenvalue weighted by molar-refractivity contribution is -0.143. The average molecular weight is 1330 g/mol. The predicted molar refractivity (Wildman–Crippen MR) is 350 cm³/mol. The second-order valence-electron chi connectivity index (χ2n) is 26.5. The van der Waals surface area contributed by atoms with E-state index in [0.29, 0.717) is 68.9 Å². The quantitative estimate of drug-likeness (QED) is 0.0443. The van der Waals surface area contributed by atoms with Gasteiger partial charge < -0.3 is 48.5 Å². The highest BCUT2D eigenvalue weighted by molar-refractivity contribution is 5.95. The van der Waals surface area contributed by atoms with E-state index in [2.05, 4.69) is 37.0 Å². The first-order chi connectivity index (χ1) is 45.6. The highest BCUT2D eigenvalue weighted by atomic mass is 19.4. The van der Waals surface area contributed by atoms with Crippen molar-refractivity contribution in [3.63, 3.8) is 0 Å². The summed E-state index contributed by atoms with van der Waals surface area (Å²) in [5.41, 5.74) is 0.0312. The molecule has 5 aromatic carbocycles. The standard InChI is InChI=1S/C73H91F7N8O7/c1-82(33-13-14-35-85-37-16-15-36-84(45-46-85)34-12-4-7-23-66(89)83(2)43-44-86-38-28-61(29-39-86)95-69(92)81-64-22-11-9-20-62(64)54-17-5-3-6-18-54)67(90)51-93-65-49-55-19-8-10-21-63(55)70(65)30-40-87(41-31-70)42-32-71(57-24-26-60(74)27-25-57)52-88(53-94-71)68(91)56-47-58(72(75,76)77)50-59(48-56)73(78,79)80/h3,5-6,8-11,17-22,24-27,47-48,50,61,65H,4,7,12-16,23,28-46,49,51-53H2,1-2H3,(H,81,92)/t65-,71-/m0/s1. The van der Waals surface area contributed by atoms with Gasteiger partial charge in [0.1, 0.15) is 30.9 Å². The van der Waals surface area contributed by atoms with Crippen molar-refractivity contribution in [1.82, 2.24) is 34.3 Å². The molecule has 2 atom stereocenters. The summed E-state index contributed by atoms with van der Waals surface area (Å²) in [6, 6.07) is 32.3. The van der Waals surface area contributed by atoms with Crippen LogP contribution < -0.4 is 5.32 Å². The number of halogens is 7. The van der Waals surface area contributed by atoms with Gasteiger partial charge in [0, 0.05) is 89.4 Å². The van der Waals surface area contributed by atoms with Crippen molar-refractivity contribution < 1.29 is 64.1 Å². The van der Waals surface area contributed by atoms with E-state index in [-0.39, 0.29) is 55.1 Å².